The summed E-state index contributed by atoms with van der Waals surface area (Å²) < 4.78 is 2.78. The Labute approximate surface area is 120 Å². The molecule has 7 nitrogen and oxygen atoms in total. The Bertz CT molecular complexity index is 853. The van der Waals surface area contributed by atoms with E-state index in [0.29, 0.717) is 11.2 Å². The average Bonchev–Trinajstić information content (AvgIpc) is 2.53. The van der Waals surface area contributed by atoms with Crippen molar-refractivity contribution in [3.05, 3.63) is 44.3 Å². The van der Waals surface area contributed by atoms with E-state index in [1.165, 1.54) is 9.13 Å². The summed E-state index contributed by atoms with van der Waals surface area (Å²) in [7, 11) is 1.55. The molecule has 21 heavy (non-hydrogen) atoms. The molecule has 1 saturated heterocycles. The molecule has 108 valence electrons. The maximum Gasteiger partial charge on any atom is 0.319 e. The molecule has 7 heteroatoms. The van der Waals surface area contributed by atoms with E-state index in [2.05, 4.69) is 15.1 Å². The van der Waals surface area contributed by atoms with Crippen LogP contribution in [0.3, 0.4) is 0 Å². The highest BCUT2D eigenvalue weighted by atomic mass is 16.2. The largest absolute Gasteiger partial charge is 0.361 e. The van der Waals surface area contributed by atoms with Crippen molar-refractivity contribution in [2.45, 2.75) is 18.9 Å². The molecule has 1 N–H and O–H groups in total. The van der Waals surface area contributed by atoms with Crippen LogP contribution in [-0.2, 0) is 7.05 Å². The Balaban J connectivity index is 2.37. The summed E-state index contributed by atoms with van der Waals surface area (Å²) in [6.07, 6.45) is 1.54. The molecule has 0 bridgehead atoms. The fraction of sp³-hybridized carbons (Fsp3) is 0.429. The van der Waals surface area contributed by atoms with E-state index in [4.69, 9.17) is 6.57 Å². The summed E-state index contributed by atoms with van der Waals surface area (Å²) in [5.41, 5.74) is -0.127. The van der Waals surface area contributed by atoms with Gasteiger partial charge in [-0.15, -0.1) is 0 Å². The van der Waals surface area contributed by atoms with Gasteiger partial charge < -0.3 is 14.7 Å². The zero-order valence-corrected chi connectivity index (χ0v) is 11.7. The van der Waals surface area contributed by atoms with Gasteiger partial charge in [0, 0.05) is 13.1 Å². The summed E-state index contributed by atoms with van der Waals surface area (Å²) in [4.78, 5) is 32.1. The number of piperidine rings is 1. The molecule has 0 unspecified atom stereocenters. The molecule has 0 aromatic carbocycles. The minimum atomic E-state index is -0.563. The fourth-order valence-corrected chi connectivity index (χ4v) is 2.79. The molecule has 1 aliphatic heterocycles. The number of aromatic nitrogens is 3. The van der Waals surface area contributed by atoms with Crippen LogP contribution in [0.5, 0.6) is 0 Å². The molecule has 0 atom stereocenters. The third kappa shape index (κ3) is 2.14. The van der Waals surface area contributed by atoms with Crippen molar-refractivity contribution in [1.29, 1.82) is 0 Å². The van der Waals surface area contributed by atoms with E-state index >= 15 is 0 Å². The molecule has 3 heterocycles. The second-order valence-corrected chi connectivity index (χ2v) is 5.14. The van der Waals surface area contributed by atoms with Gasteiger partial charge in [0.15, 0.2) is 0 Å². The normalized spacial score (nSPS) is 16.0. The number of nitrogens with one attached hydrogen (secondary N) is 1. The van der Waals surface area contributed by atoms with E-state index < -0.39 is 11.1 Å². The number of hydrogen-bond acceptors (Lipinski definition) is 4. The second kappa shape index (κ2) is 5.14. The fourth-order valence-electron chi connectivity index (χ4n) is 2.79. The molecule has 0 amide bonds. The Kier molecular flexibility index (Phi) is 3.31. The van der Waals surface area contributed by atoms with Crippen molar-refractivity contribution in [3.63, 3.8) is 0 Å². The summed E-state index contributed by atoms with van der Waals surface area (Å²) in [6, 6.07) is 3.18. The van der Waals surface area contributed by atoms with Crippen molar-refractivity contribution in [2.24, 2.45) is 7.05 Å². The molecule has 1 fully saturated rings. The SMILES string of the molecule is [C-]#[N+]c1ccc2c(n1)n(C1CCNCC1)c(=O)c(=O)n2C. The smallest absolute Gasteiger partial charge is 0.319 e. The van der Waals surface area contributed by atoms with Crippen LogP contribution in [0.25, 0.3) is 16.0 Å². The van der Waals surface area contributed by atoms with Crippen molar-refractivity contribution < 1.29 is 0 Å². The van der Waals surface area contributed by atoms with Gasteiger partial charge in [0.1, 0.15) is 5.52 Å². The van der Waals surface area contributed by atoms with Crippen molar-refractivity contribution in [3.8, 4) is 0 Å². The minimum Gasteiger partial charge on any atom is -0.361 e. The lowest BCUT2D eigenvalue weighted by Gasteiger charge is -2.24. The predicted molar refractivity (Wildman–Crippen MR) is 78.6 cm³/mol. The van der Waals surface area contributed by atoms with Crippen molar-refractivity contribution in [2.75, 3.05) is 13.1 Å². The number of pyridine rings is 1. The van der Waals surface area contributed by atoms with E-state index in [-0.39, 0.29) is 11.9 Å². The van der Waals surface area contributed by atoms with E-state index in [1.54, 1.807) is 19.2 Å². The minimum absolute atomic E-state index is 0.0522. The average molecular weight is 285 g/mol. The number of fused-ring (bicyclic) bond motifs is 1. The van der Waals surface area contributed by atoms with Crippen LogP contribution in [0.15, 0.2) is 21.7 Å². The topological polar surface area (TPSA) is 73.3 Å². The van der Waals surface area contributed by atoms with Gasteiger partial charge in [-0.2, -0.15) is 0 Å². The van der Waals surface area contributed by atoms with Crippen LogP contribution in [0.2, 0.25) is 0 Å². The zero-order chi connectivity index (χ0) is 15.0. The Hall–Kier alpha value is -2.46. The maximum absolute atomic E-state index is 12.4. The molecule has 0 radical (unpaired) electrons. The molecule has 3 rings (SSSR count). The molecular formula is C14H15N5O2. The first-order valence-corrected chi connectivity index (χ1v) is 6.84. The van der Waals surface area contributed by atoms with Crippen LogP contribution in [0, 0.1) is 6.57 Å². The third-order valence-corrected chi connectivity index (χ3v) is 3.92. The summed E-state index contributed by atoms with van der Waals surface area (Å²) in [5.74, 6) is 0.225. The first kappa shape index (κ1) is 13.5. The molecule has 2 aromatic rings. The van der Waals surface area contributed by atoms with E-state index in [1.807, 2.05) is 0 Å². The molecule has 0 saturated carbocycles. The lowest BCUT2D eigenvalue weighted by Crippen LogP contribution is -2.44. The number of aryl methyl sites for hydroxylation is 1. The Morgan fingerprint density at radius 3 is 2.67 bits per heavy atom. The van der Waals surface area contributed by atoms with Crippen LogP contribution in [0.4, 0.5) is 5.82 Å². The third-order valence-electron chi connectivity index (χ3n) is 3.92. The van der Waals surface area contributed by atoms with Crippen LogP contribution >= 0.6 is 0 Å². The van der Waals surface area contributed by atoms with E-state index in [9.17, 15) is 9.59 Å². The number of hydrogen-bond donors (Lipinski definition) is 1. The van der Waals surface area contributed by atoms with Crippen molar-refractivity contribution >= 4 is 17.0 Å². The summed E-state index contributed by atoms with van der Waals surface area (Å²) in [6.45, 7) is 8.68. The number of nitrogens with zero attached hydrogens (tertiary/aromatic N) is 4. The second-order valence-electron chi connectivity index (χ2n) is 5.14. The summed E-state index contributed by atoms with van der Waals surface area (Å²) >= 11 is 0. The highest BCUT2D eigenvalue weighted by molar-refractivity contribution is 5.73. The predicted octanol–water partition coefficient (Wildman–Crippen LogP) is 0.570. The Morgan fingerprint density at radius 2 is 2.00 bits per heavy atom. The van der Waals surface area contributed by atoms with Gasteiger partial charge >= 0.3 is 11.1 Å². The molecular weight excluding hydrogens is 270 g/mol. The Morgan fingerprint density at radius 1 is 1.29 bits per heavy atom. The molecule has 0 aliphatic carbocycles. The molecule has 0 spiro atoms. The lowest BCUT2D eigenvalue weighted by molar-refractivity contribution is 0.365. The first-order chi connectivity index (χ1) is 10.1. The first-order valence-electron chi connectivity index (χ1n) is 6.84. The van der Waals surface area contributed by atoms with Gasteiger partial charge in [0.05, 0.1) is 0 Å². The van der Waals surface area contributed by atoms with Gasteiger partial charge in [-0.1, -0.05) is 11.6 Å². The summed E-state index contributed by atoms with van der Waals surface area (Å²) in [5, 5.41) is 3.23. The van der Waals surface area contributed by atoms with Crippen LogP contribution in [0.1, 0.15) is 18.9 Å². The van der Waals surface area contributed by atoms with E-state index in [0.717, 1.165) is 25.9 Å². The van der Waals surface area contributed by atoms with Gasteiger partial charge in [-0.3, -0.25) is 14.2 Å². The van der Waals surface area contributed by atoms with Gasteiger partial charge in [-0.25, -0.2) is 0 Å². The number of rotatable bonds is 1. The monoisotopic (exact) mass is 285 g/mol. The quantitative estimate of drug-likeness (QED) is 0.614. The van der Waals surface area contributed by atoms with Gasteiger partial charge in [-0.05, 0) is 38.1 Å². The van der Waals surface area contributed by atoms with Gasteiger partial charge in [0.2, 0.25) is 0 Å². The maximum atomic E-state index is 12.4. The standard InChI is InChI=1S/C14H15N5O2/c1-15-11-4-3-10-12(17-11)19(9-5-7-16-8-6-9)14(21)13(20)18(10)2/h3-4,9,16H,5-8H2,2H3. The van der Waals surface area contributed by atoms with Crippen LogP contribution < -0.4 is 16.4 Å². The highest BCUT2D eigenvalue weighted by Crippen LogP contribution is 2.22. The van der Waals surface area contributed by atoms with Crippen LogP contribution in [-0.4, -0.2) is 27.2 Å². The zero-order valence-electron chi connectivity index (χ0n) is 11.7. The molecule has 2 aromatic heterocycles. The van der Waals surface area contributed by atoms with Gasteiger partial charge in [0.25, 0.3) is 11.5 Å². The lowest BCUT2D eigenvalue weighted by atomic mass is 10.1. The highest BCUT2D eigenvalue weighted by Gasteiger charge is 2.23. The molecule has 1 aliphatic rings. The van der Waals surface area contributed by atoms with Crippen molar-refractivity contribution in [1.82, 2.24) is 19.4 Å².